The predicted molar refractivity (Wildman–Crippen MR) is 100 cm³/mol. The molecule has 3 rings (SSSR count). The maximum atomic E-state index is 12.7. The summed E-state index contributed by atoms with van der Waals surface area (Å²) in [7, 11) is 0. The number of rotatable bonds is 4. The van der Waals surface area contributed by atoms with Crippen LogP contribution in [0.3, 0.4) is 0 Å². The summed E-state index contributed by atoms with van der Waals surface area (Å²) in [6.45, 7) is 1.97. The number of carbonyl (C=O) groups excluding carboxylic acids is 2. The van der Waals surface area contributed by atoms with Crippen LogP contribution < -0.4 is 21.7 Å². The van der Waals surface area contributed by atoms with Gasteiger partial charge in [-0.3, -0.25) is 10.1 Å². The van der Waals surface area contributed by atoms with Crippen molar-refractivity contribution in [1.29, 1.82) is 0 Å². The molecule has 6 N–H and O–H groups in total. The average Bonchev–Trinajstić information content (AvgIpc) is 2.99. The van der Waals surface area contributed by atoms with Gasteiger partial charge in [0.1, 0.15) is 5.00 Å². The Balaban J connectivity index is 1.86. The number of thiophene rings is 1. The van der Waals surface area contributed by atoms with Crippen molar-refractivity contribution >= 4 is 39.9 Å². The van der Waals surface area contributed by atoms with Gasteiger partial charge in [0.25, 0.3) is 5.91 Å². The van der Waals surface area contributed by atoms with Crippen LogP contribution in [-0.4, -0.2) is 31.1 Å². The van der Waals surface area contributed by atoms with E-state index in [4.69, 9.17) is 17.3 Å². The van der Waals surface area contributed by atoms with E-state index in [1.54, 1.807) is 18.2 Å². The second-order valence-corrected chi connectivity index (χ2v) is 7.46. The Labute approximate surface area is 154 Å². The van der Waals surface area contributed by atoms with Crippen molar-refractivity contribution < 1.29 is 14.9 Å². The van der Waals surface area contributed by atoms with Gasteiger partial charge in [-0.1, -0.05) is 23.7 Å². The van der Waals surface area contributed by atoms with Gasteiger partial charge in [0.2, 0.25) is 0 Å². The van der Waals surface area contributed by atoms with Gasteiger partial charge >= 0.3 is 6.03 Å². The Morgan fingerprint density at radius 2 is 2.04 bits per heavy atom. The number of hydrogen-bond acceptors (Lipinski definition) is 3. The molecule has 6 nitrogen and oxygen atoms in total. The summed E-state index contributed by atoms with van der Waals surface area (Å²) in [4.78, 5) is 24.8. The molecule has 0 unspecified atom stereocenters. The fourth-order valence-electron chi connectivity index (χ4n) is 2.86. The van der Waals surface area contributed by atoms with Crippen molar-refractivity contribution in [2.75, 3.05) is 18.4 Å². The molecule has 0 saturated carbocycles. The molecule has 1 aliphatic heterocycles. The molecule has 1 aromatic carbocycles. The lowest BCUT2D eigenvalue weighted by Gasteiger charge is -2.21. The third kappa shape index (κ3) is 4.50. The number of quaternary nitrogens is 1. The molecule has 1 atom stereocenters. The van der Waals surface area contributed by atoms with Crippen molar-refractivity contribution in [3.05, 3.63) is 40.9 Å². The van der Waals surface area contributed by atoms with Gasteiger partial charge < -0.3 is 16.4 Å². The first-order chi connectivity index (χ1) is 12.0. The van der Waals surface area contributed by atoms with E-state index in [0.717, 1.165) is 36.4 Å². The number of halogens is 1. The van der Waals surface area contributed by atoms with E-state index in [9.17, 15) is 9.59 Å². The predicted octanol–water partition coefficient (Wildman–Crippen LogP) is 2.01. The van der Waals surface area contributed by atoms with Crippen LogP contribution in [0.2, 0.25) is 5.02 Å². The number of benzene rings is 1. The molecule has 1 fully saturated rings. The highest BCUT2D eigenvalue weighted by Crippen LogP contribution is 2.36. The second kappa shape index (κ2) is 7.86. The number of urea groups is 1. The maximum Gasteiger partial charge on any atom is 0.317 e. The number of amides is 3. The number of anilines is 1. The van der Waals surface area contributed by atoms with Crippen molar-refractivity contribution in [1.82, 2.24) is 5.32 Å². The van der Waals surface area contributed by atoms with E-state index < -0.39 is 6.03 Å². The molecular weight excluding hydrogens is 360 g/mol. The molecule has 1 saturated heterocycles. The molecule has 1 aromatic heterocycles. The normalized spacial score (nSPS) is 17.1. The van der Waals surface area contributed by atoms with Crippen LogP contribution >= 0.6 is 22.9 Å². The summed E-state index contributed by atoms with van der Waals surface area (Å²) in [5, 5.41) is 8.89. The van der Waals surface area contributed by atoms with Crippen molar-refractivity contribution in [2.45, 2.75) is 18.9 Å². The van der Waals surface area contributed by atoms with Crippen molar-refractivity contribution in [3.8, 4) is 10.4 Å². The van der Waals surface area contributed by atoms with Gasteiger partial charge in [-0.15, -0.1) is 11.3 Å². The third-order valence-corrected chi connectivity index (χ3v) is 5.44. The van der Waals surface area contributed by atoms with Crippen LogP contribution in [0.1, 0.15) is 23.2 Å². The SMILES string of the molecule is NC(=O)Nc1sc(-c2ccc(Cl)cc2)cc1C(=O)N[C@H]1CCC[NH2+]C1. The Bertz CT molecular complexity index is 769. The number of primary amides is 1. The highest BCUT2D eigenvalue weighted by molar-refractivity contribution is 7.20. The second-order valence-electron chi connectivity index (χ2n) is 5.98. The van der Waals surface area contributed by atoms with E-state index in [0.29, 0.717) is 15.6 Å². The lowest BCUT2D eigenvalue weighted by Crippen LogP contribution is -2.89. The van der Waals surface area contributed by atoms with E-state index in [1.165, 1.54) is 11.3 Å². The number of nitrogens with two attached hydrogens (primary N) is 2. The summed E-state index contributed by atoms with van der Waals surface area (Å²) in [6.07, 6.45) is 2.05. The standard InChI is InChI=1S/C17H19ClN4O2S/c18-11-5-3-10(4-6-11)14-8-13(16(25-14)22-17(19)24)15(23)21-12-2-1-7-20-9-12/h3-6,8,12,20H,1-2,7,9H2,(H,21,23)(H3,19,22,24)/p+1/t12-/m0/s1. The van der Waals surface area contributed by atoms with Crippen LogP contribution in [-0.2, 0) is 0 Å². The quantitative estimate of drug-likeness (QED) is 0.653. The fraction of sp³-hybridized carbons (Fsp3) is 0.294. The zero-order valence-electron chi connectivity index (χ0n) is 13.5. The van der Waals surface area contributed by atoms with E-state index in [-0.39, 0.29) is 11.9 Å². The van der Waals surface area contributed by atoms with Crippen LogP contribution in [0, 0.1) is 0 Å². The summed E-state index contributed by atoms with van der Waals surface area (Å²) in [6, 6.07) is 8.55. The molecule has 0 bridgehead atoms. The summed E-state index contributed by atoms with van der Waals surface area (Å²) >= 11 is 7.24. The molecule has 0 radical (unpaired) electrons. The summed E-state index contributed by atoms with van der Waals surface area (Å²) in [5.41, 5.74) is 6.60. The minimum atomic E-state index is -0.690. The van der Waals surface area contributed by atoms with Gasteiger partial charge in [0.15, 0.2) is 0 Å². The van der Waals surface area contributed by atoms with Gasteiger partial charge in [-0.2, -0.15) is 0 Å². The van der Waals surface area contributed by atoms with Crippen molar-refractivity contribution in [3.63, 3.8) is 0 Å². The minimum absolute atomic E-state index is 0.140. The minimum Gasteiger partial charge on any atom is -0.351 e. The Hall–Kier alpha value is -2.09. The number of piperidine rings is 1. The lowest BCUT2D eigenvalue weighted by atomic mass is 10.1. The molecule has 2 aromatic rings. The molecule has 25 heavy (non-hydrogen) atoms. The number of carbonyl (C=O) groups is 2. The molecule has 3 amide bonds. The molecule has 0 spiro atoms. The molecule has 132 valence electrons. The zero-order valence-corrected chi connectivity index (χ0v) is 15.1. The highest BCUT2D eigenvalue weighted by Gasteiger charge is 2.23. The van der Waals surface area contributed by atoms with Crippen LogP contribution in [0.15, 0.2) is 30.3 Å². The summed E-state index contributed by atoms with van der Waals surface area (Å²) < 4.78 is 0. The van der Waals surface area contributed by atoms with E-state index in [1.807, 2.05) is 12.1 Å². The fourth-order valence-corrected chi connectivity index (χ4v) is 4.05. The first-order valence-corrected chi connectivity index (χ1v) is 9.31. The largest absolute Gasteiger partial charge is 0.351 e. The Kier molecular flexibility index (Phi) is 5.57. The maximum absolute atomic E-state index is 12.7. The van der Waals surface area contributed by atoms with Crippen LogP contribution in [0.4, 0.5) is 9.80 Å². The van der Waals surface area contributed by atoms with Gasteiger partial charge in [0, 0.05) is 9.90 Å². The first kappa shape index (κ1) is 17.7. The topological polar surface area (TPSA) is 101 Å². The van der Waals surface area contributed by atoms with Gasteiger partial charge in [-0.05, 0) is 36.6 Å². The molecule has 1 aliphatic rings. The van der Waals surface area contributed by atoms with Crippen molar-refractivity contribution in [2.24, 2.45) is 5.73 Å². The number of hydrogen-bond donors (Lipinski definition) is 4. The molecular formula is C17H20ClN4O2S+. The molecule has 8 heteroatoms. The highest BCUT2D eigenvalue weighted by atomic mass is 35.5. The first-order valence-electron chi connectivity index (χ1n) is 8.11. The Morgan fingerprint density at radius 1 is 1.28 bits per heavy atom. The van der Waals surface area contributed by atoms with E-state index >= 15 is 0 Å². The smallest absolute Gasteiger partial charge is 0.317 e. The Morgan fingerprint density at radius 3 is 2.68 bits per heavy atom. The van der Waals surface area contributed by atoms with Crippen LogP contribution in [0.5, 0.6) is 0 Å². The monoisotopic (exact) mass is 379 g/mol. The summed E-state index contributed by atoms with van der Waals surface area (Å²) in [5.74, 6) is -0.194. The zero-order chi connectivity index (χ0) is 17.8. The molecule has 0 aliphatic carbocycles. The number of nitrogens with one attached hydrogen (secondary N) is 2. The van der Waals surface area contributed by atoms with Gasteiger partial charge in [0.05, 0.1) is 24.7 Å². The van der Waals surface area contributed by atoms with Gasteiger partial charge in [-0.25, -0.2) is 4.79 Å². The average molecular weight is 380 g/mol. The van der Waals surface area contributed by atoms with Crippen LogP contribution in [0.25, 0.3) is 10.4 Å². The third-order valence-electron chi connectivity index (χ3n) is 4.09. The molecule has 2 heterocycles. The lowest BCUT2D eigenvalue weighted by molar-refractivity contribution is -0.664. The van der Waals surface area contributed by atoms with E-state index in [2.05, 4.69) is 16.0 Å².